The minimum atomic E-state index is -0.104. The van der Waals surface area contributed by atoms with Gasteiger partial charge in [-0.3, -0.25) is 4.79 Å². The highest BCUT2D eigenvalue weighted by Crippen LogP contribution is 2.37. The Labute approximate surface area is 195 Å². The molecule has 0 aliphatic carbocycles. The standard InChI is InChI=1S/C29H31NO3/c1-5-30(6-2)15-16-32-24-13-11-22(12-14-24)27-25-9-7-8-10-26(25)33-29(27)28(31)23-18-20(3)17-21(4)19-23/h7-14,17-19H,5-6,15-16H2,1-4H3. The summed E-state index contributed by atoms with van der Waals surface area (Å²) in [6.07, 6.45) is 0. The molecule has 3 aromatic carbocycles. The Morgan fingerprint density at radius 2 is 1.58 bits per heavy atom. The van der Waals surface area contributed by atoms with E-state index in [1.54, 1.807) is 0 Å². The Balaban J connectivity index is 1.67. The molecule has 0 saturated carbocycles. The number of ketones is 1. The van der Waals surface area contributed by atoms with Crippen LogP contribution in [0, 0.1) is 13.8 Å². The Morgan fingerprint density at radius 3 is 2.24 bits per heavy atom. The summed E-state index contributed by atoms with van der Waals surface area (Å²) in [4.78, 5) is 15.9. The summed E-state index contributed by atoms with van der Waals surface area (Å²) in [5.74, 6) is 1.09. The van der Waals surface area contributed by atoms with E-state index in [9.17, 15) is 4.79 Å². The summed E-state index contributed by atoms with van der Waals surface area (Å²) in [5, 5.41) is 0.931. The van der Waals surface area contributed by atoms with E-state index in [0.29, 0.717) is 23.5 Å². The highest BCUT2D eigenvalue weighted by atomic mass is 16.5. The minimum Gasteiger partial charge on any atom is -0.492 e. The first-order valence-electron chi connectivity index (χ1n) is 11.6. The van der Waals surface area contributed by atoms with E-state index in [-0.39, 0.29) is 5.78 Å². The number of carbonyl (C=O) groups excluding carboxylic acids is 1. The number of aryl methyl sites for hydroxylation is 2. The second-order valence-corrected chi connectivity index (χ2v) is 8.41. The van der Waals surface area contributed by atoms with Crippen LogP contribution in [0.1, 0.15) is 41.1 Å². The first-order valence-corrected chi connectivity index (χ1v) is 11.6. The van der Waals surface area contributed by atoms with Crippen LogP contribution in [0.15, 0.2) is 71.1 Å². The van der Waals surface area contributed by atoms with E-state index in [2.05, 4.69) is 24.8 Å². The highest BCUT2D eigenvalue weighted by Gasteiger charge is 2.23. The average Bonchev–Trinajstić information content (AvgIpc) is 3.21. The van der Waals surface area contributed by atoms with Gasteiger partial charge in [0.05, 0.1) is 0 Å². The van der Waals surface area contributed by atoms with Crippen molar-refractivity contribution >= 4 is 16.8 Å². The van der Waals surface area contributed by atoms with E-state index < -0.39 is 0 Å². The molecule has 4 rings (SSSR count). The van der Waals surface area contributed by atoms with Gasteiger partial charge in [-0.2, -0.15) is 0 Å². The SMILES string of the molecule is CCN(CC)CCOc1ccc(-c2c(C(=O)c3cc(C)cc(C)c3)oc3ccccc23)cc1. The molecule has 4 nitrogen and oxygen atoms in total. The number of benzene rings is 3. The van der Waals surface area contributed by atoms with E-state index in [0.717, 1.165) is 53.0 Å². The fourth-order valence-electron chi connectivity index (χ4n) is 4.28. The Morgan fingerprint density at radius 1 is 0.909 bits per heavy atom. The van der Waals surface area contributed by atoms with Crippen LogP contribution in [0.25, 0.3) is 22.1 Å². The fraction of sp³-hybridized carbons (Fsp3) is 0.276. The first kappa shape index (κ1) is 22.8. The van der Waals surface area contributed by atoms with Crippen LogP contribution >= 0.6 is 0 Å². The van der Waals surface area contributed by atoms with Crippen LogP contribution in [0.5, 0.6) is 5.75 Å². The Kier molecular flexibility index (Phi) is 6.95. The Hall–Kier alpha value is -3.37. The van der Waals surface area contributed by atoms with Crippen LogP contribution < -0.4 is 4.74 Å². The molecule has 0 amide bonds. The summed E-state index contributed by atoms with van der Waals surface area (Å²) >= 11 is 0. The molecule has 0 fully saturated rings. The lowest BCUT2D eigenvalue weighted by atomic mass is 9.96. The summed E-state index contributed by atoms with van der Waals surface area (Å²) in [6.45, 7) is 11.9. The third kappa shape index (κ3) is 5.01. The molecular weight excluding hydrogens is 410 g/mol. The van der Waals surface area contributed by atoms with Crippen LogP contribution in [0.2, 0.25) is 0 Å². The molecule has 0 N–H and O–H groups in total. The quantitative estimate of drug-likeness (QED) is 0.272. The predicted molar refractivity (Wildman–Crippen MR) is 134 cm³/mol. The van der Waals surface area contributed by atoms with Crippen LogP contribution in [-0.2, 0) is 0 Å². The lowest BCUT2D eigenvalue weighted by Crippen LogP contribution is -2.27. The van der Waals surface area contributed by atoms with Gasteiger partial charge in [-0.25, -0.2) is 0 Å². The van der Waals surface area contributed by atoms with Gasteiger partial charge in [-0.15, -0.1) is 0 Å². The van der Waals surface area contributed by atoms with Gasteiger partial charge in [0, 0.05) is 23.1 Å². The maximum atomic E-state index is 13.5. The van der Waals surface area contributed by atoms with Crippen molar-refractivity contribution < 1.29 is 13.9 Å². The molecule has 170 valence electrons. The van der Waals surface area contributed by atoms with Gasteiger partial charge in [0.25, 0.3) is 0 Å². The molecule has 0 bridgehead atoms. The van der Waals surface area contributed by atoms with Gasteiger partial charge in [0.15, 0.2) is 5.76 Å². The minimum absolute atomic E-state index is 0.104. The molecule has 0 aliphatic rings. The molecular formula is C29H31NO3. The maximum Gasteiger partial charge on any atom is 0.228 e. The molecule has 4 aromatic rings. The number of carbonyl (C=O) groups is 1. The van der Waals surface area contributed by atoms with Crippen LogP contribution in [0.3, 0.4) is 0 Å². The highest BCUT2D eigenvalue weighted by molar-refractivity contribution is 6.15. The number of nitrogens with zero attached hydrogens (tertiary/aromatic N) is 1. The van der Waals surface area contributed by atoms with Crippen molar-refractivity contribution in [1.82, 2.24) is 4.90 Å². The van der Waals surface area contributed by atoms with Gasteiger partial charge in [0.1, 0.15) is 17.9 Å². The van der Waals surface area contributed by atoms with Crippen molar-refractivity contribution in [3.05, 3.63) is 89.2 Å². The number of likely N-dealkylation sites (N-methyl/N-ethyl adjacent to an activating group) is 1. The molecule has 33 heavy (non-hydrogen) atoms. The topological polar surface area (TPSA) is 42.7 Å². The molecule has 0 saturated heterocycles. The summed E-state index contributed by atoms with van der Waals surface area (Å²) in [5.41, 5.74) is 5.22. The zero-order valence-corrected chi connectivity index (χ0v) is 19.9. The number of rotatable bonds is 9. The maximum absolute atomic E-state index is 13.5. The third-order valence-corrected chi connectivity index (χ3v) is 6.00. The molecule has 0 spiro atoms. The largest absolute Gasteiger partial charge is 0.492 e. The average molecular weight is 442 g/mol. The molecule has 0 aliphatic heterocycles. The van der Waals surface area contributed by atoms with Gasteiger partial charge in [-0.1, -0.05) is 61.4 Å². The van der Waals surface area contributed by atoms with Crippen molar-refractivity contribution in [3.8, 4) is 16.9 Å². The van der Waals surface area contributed by atoms with Crippen molar-refractivity contribution in [2.24, 2.45) is 0 Å². The number of furan rings is 1. The summed E-state index contributed by atoms with van der Waals surface area (Å²) < 4.78 is 12.1. The monoisotopic (exact) mass is 441 g/mol. The normalized spacial score (nSPS) is 11.3. The van der Waals surface area contributed by atoms with E-state index in [1.165, 1.54) is 0 Å². The predicted octanol–water partition coefficient (Wildman–Crippen LogP) is 6.67. The molecule has 0 unspecified atom stereocenters. The summed E-state index contributed by atoms with van der Waals surface area (Å²) in [7, 11) is 0. The second-order valence-electron chi connectivity index (χ2n) is 8.41. The zero-order chi connectivity index (χ0) is 23.4. The third-order valence-electron chi connectivity index (χ3n) is 6.00. The molecule has 1 aromatic heterocycles. The van der Waals surface area contributed by atoms with Crippen LogP contribution in [0.4, 0.5) is 0 Å². The van der Waals surface area contributed by atoms with E-state index in [4.69, 9.17) is 9.15 Å². The number of hydrogen-bond donors (Lipinski definition) is 0. The second kappa shape index (κ2) is 10.1. The zero-order valence-electron chi connectivity index (χ0n) is 19.9. The lowest BCUT2D eigenvalue weighted by Gasteiger charge is -2.18. The molecule has 1 heterocycles. The van der Waals surface area contributed by atoms with Crippen molar-refractivity contribution in [2.45, 2.75) is 27.7 Å². The lowest BCUT2D eigenvalue weighted by molar-refractivity contribution is 0.101. The van der Waals surface area contributed by atoms with Crippen molar-refractivity contribution in [3.63, 3.8) is 0 Å². The number of hydrogen-bond acceptors (Lipinski definition) is 4. The Bertz CT molecular complexity index is 1230. The number of ether oxygens (including phenoxy) is 1. The first-order chi connectivity index (χ1) is 16.0. The molecule has 4 heteroatoms. The van der Waals surface area contributed by atoms with E-state index in [1.807, 2.05) is 74.5 Å². The number of para-hydroxylation sites is 1. The van der Waals surface area contributed by atoms with Crippen molar-refractivity contribution in [2.75, 3.05) is 26.2 Å². The molecule has 0 radical (unpaired) electrons. The van der Waals surface area contributed by atoms with Gasteiger partial charge in [-0.05, 0) is 62.8 Å². The van der Waals surface area contributed by atoms with Gasteiger partial charge in [0.2, 0.25) is 5.78 Å². The van der Waals surface area contributed by atoms with Crippen molar-refractivity contribution in [1.29, 1.82) is 0 Å². The van der Waals surface area contributed by atoms with Crippen LogP contribution in [-0.4, -0.2) is 36.9 Å². The van der Waals surface area contributed by atoms with E-state index >= 15 is 0 Å². The number of fused-ring (bicyclic) bond motifs is 1. The van der Waals surface area contributed by atoms with Gasteiger partial charge < -0.3 is 14.1 Å². The summed E-state index contributed by atoms with van der Waals surface area (Å²) in [6, 6.07) is 21.6. The smallest absolute Gasteiger partial charge is 0.228 e. The van der Waals surface area contributed by atoms with Gasteiger partial charge >= 0.3 is 0 Å². The molecule has 0 atom stereocenters. The fourth-order valence-corrected chi connectivity index (χ4v) is 4.28.